The van der Waals surface area contributed by atoms with Gasteiger partial charge in [-0.3, -0.25) is 0 Å². The zero-order valence-corrected chi connectivity index (χ0v) is 9.33. The second kappa shape index (κ2) is 4.92. The minimum Gasteiger partial charge on any atom is -0.464 e. The molecule has 3 atom stereocenters. The molecular formula is C11H19FO3. The quantitative estimate of drug-likeness (QED) is 0.732. The van der Waals surface area contributed by atoms with E-state index in [0.29, 0.717) is 12.8 Å². The van der Waals surface area contributed by atoms with Crippen LogP contribution in [0.1, 0.15) is 39.5 Å². The van der Waals surface area contributed by atoms with Crippen molar-refractivity contribution in [2.75, 3.05) is 6.61 Å². The van der Waals surface area contributed by atoms with Gasteiger partial charge >= 0.3 is 5.97 Å². The lowest BCUT2D eigenvalue weighted by molar-refractivity contribution is -0.164. The minimum absolute atomic E-state index is 0.128. The Balaban J connectivity index is 2.71. The first-order valence-corrected chi connectivity index (χ1v) is 5.59. The highest BCUT2D eigenvalue weighted by molar-refractivity contribution is 5.76. The van der Waals surface area contributed by atoms with Gasteiger partial charge in [-0.2, -0.15) is 0 Å². The number of carbonyl (C=O) groups is 1. The number of rotatable bonds is 4. The monoisotopic (exact) mass is 218 g/mol. The lowest BCUT2D eigenvalue weighted by Gasteiger charge is -2.31. The van der Waals surface area contributed by atoms with Crippen LogP contribution in [0.5, 0.6) is 0 Å². The van der Waals surface area contributed by atoms with E-state index in [0.717, 1.165) is 12.8 Å². The summed E-state index contributed by atoms with van der Waals surface area (Å²) in [5, 5.41) is 10.1. The first kappa shape index (κ1) is 12.4. The van der Waals surface area contributed by atoms with E-state index < -0.39 is 17.7 Å². The maximum absolute atomic E-state index is 13.8. The van der Waals surface area contributed by atoms with Crippen molar-refractivity contribution in [3.05, 3.63) is 0 Å². The summed E-state index contributed by atoms with van der Waals surface area (Å²) >= 11 is 0. The molecule has 88 valence electrons. The summed E-state index contributed by atoms with van der Waals surface area (Å²) in [6.07, 6.45) is 0.702. The predicted molar refractivity (Wildman–Crippen MR) is 54.1 cm³/mol. The highest BCUT2D eigenvalue weighted by Gasteiger charge is 2.50. The average molecular weight is 218 g/mol. The molecule has 0 aromatic heterocycles. The van der Waals surface area contributed by atoms with Gasteiger partial charge in [0.15, 0.2) is 0 Å². The molecule has 1 saturated carbocycles. The first-order chi connectivity index (χ1) is 7.06. The van der Waals surface area contributed by atoms with Gasteiger partial charge < -0.3 is 9.84 Å². The van der Waals surface area contributed by atoms with Crippen molar-refractivity contribution in [3.63, 3.8) is 0 Å². The fraction of sp³-hybridized carbons (Fsp3) is 0.909. The summed E-state index contributed by atoms with van der Waals surface area (Å²) in [5.74, 6) is -1.06. The van der Waals surface area contributed by atoms with E-state index in [1.807, 2.05) is 6.92 Å². The Morgan fingerprint density at radius 2 is 2.33 bits per heavy atom. The largest absolute Gasteiger partial charge is 0.464 e. The van der Waals surface area contributed by atoms with Crippen LogP contribution in [0.25, 0.3) is 0 Å². The zero-order chi connectivity index (χ0) is 11.5. The summed E-state index contributed by atoms with van der Waals surface area (Å²) < 4.78 is 18.4. The van der Waals surface area contributed by atoms with Crippen molar-refractivity contribution in [2.24, 2.45) is 5.92 Å². The Labute approximate surface area is 89.6 Å². The molecule has 0 saturated heterocycles. The number of aliphatic hydroxyl groups is 1. The molecule has 0 aromatic rings. The Kier molecular flexibility index (Phi) is 4.08. The van der Waals surface area contributed by atoms with Crippen LogP contribution >= 0.6 is 0 Å². The van der Waals surface area contributed by atoms with Gasteiger partial charge in [0.1, 0.15) is 5.60 Å². The smallest absolute Gasteiger partial charge is 0.343 e. The molecule has 3 unspecified atom stereocenters. The van der Waals surface area contributed by atoms with Crippen molar-refractivity contribution in [1.82, 2.24) is 0 Å². The van der Waals surface area contributed by atoms with E-state index in [9.17, 15) is 14.3 Å². The fourth-order valence-corrected chi connectivity index (χ4v) is 2.40. The summed E-state index contributed by atoms with van der Waals surface area (Å²) in [5.41, 5.74) is -1.50. The van der Waals surface area contributed by atoms with E-state index in [-0.39, 0.29) is 12.5 Å². The molecular weight excluding hydrogens is 199 g/mol. The fourth-order valence-electron chi connectivity index (χ4n) is 2.40. The molecule has 1 N–H and O–H groups in total. The number of alkyl halides is 1. The predicted octanol–water partition coefficient (Wildman–Crippen LogP) is 1.83. The van der Waals surface area contributed by atoms with Gasteiger partial charge in [0, 0.05) is 0 Å². The molecule has 0 bridgehead atoms. The van der Waals surface area contributed by atoms with Crippen molar-refractivity contribution in [2.45, 2.75) is 51.3 Å². The minimum atomic E-state index is -1.90. The topological polar surface area (TPSA) is 46.5 Å². The van der Waals surface area contributed by atoms with Crippen LogP contribution in [0, 0.1) is 5.92 Å². The average Bonchev–Trinajstić information content (AvgIpc) is 2.60. The second-order valence-electron chi connectivity index (χ2n) is 4.10. The summed E-state index contributed by atoms with van der Waals surface area (Å²) in [4.78, 5) is 11.2. The molecule has 0 amide bonds. The third-order valence-corrected chi connectivity index (χ3v) is 3.26. The Bertz CT molecular complexity index is 232. The lowest BCUT2D eigenvalue weighted by atomic mass is 9.84. The van der Waals surface area contributed by atoms with Crippen LogP contribution in [0.2, 0.25) is 0 Å². The van der Waals surface area contributed by atoms with Crippen LogP contribution in [0.4, 0.5) is 4.39 Å². The van der Waals surface area contributed by atoms with Crippen molar-refractivity contribution < 1.29 is 19.0 Å². The SMILES string of the molecule is CCOC(=O)C(F)C1(O)CCCC1CC. The first-order valence-electron chi connectivity index (χ1n) is 5.59. The second-order valence-corrected chi connectivity index (χ2v) is 4.10. The highest BCUT2D eigenvalue weighted by Crippen LogP contribution is 2.41. The Hall–Kier alpha value is -0.640. The molecule has 0 spiro atoms. The number of carbonyl (C=O) groups excluding carboxylic acids is 1. The number of ether oxygens (including phenoxy) is 1. The third kappa shape index (κ3) is 2.30. The van der Waals surface area contributed by atoms with E-state index in [1.54, 1.807) is 6.92 Å². The summed E-state index contributed by atoms with van der Waals surface area (Å²) in [6.45, 7) is 3.67. The summed E-state index contributed by atoms with van der Waals surface area (Å²) in [7, 11) is 0. The van der Waals surface area contributed by atoms with Crippen LogP contribution in [0.3, 0.4) is 0 Å². The molecule has 0 aliphatic heterocycles. The van der Waals surface area contributed by atoms with Crippen LogP contribution in [-0.2, 0) is 9.53 Å². The van der Waals surface area contributed by atoms with Gasteiger partial charge in [0.25, 0.3) is 0 Å². The maximum Gasteiger partial charge on any atom is 0.343 e. The van der Waals surface area contributed by atoms with Crippen molar-refractivity contribution in [3.8, 4) is 0 Å². The van der Waals surface area contributed by atoms with E-state index in [1.165, 1.54) is 0 Å². The normalized spacial score (nSPS) is 32.7. The van der Waals surface area contributed by atoms with Crippen LogP contribution in [0.15, 0.2) is 0 Å². The van der Waals surface area contributed by atoms with E-state index in [2.05, 4.69) is 4.74 Å². The molecule has 15 heavy (non-hydrogen) atoms. The molecule has 1 aliphatic rings. The van der Waals surface area contributed by atoms with Gasteiger partial charge in [-0.1, -0.05) is 19.8 Å². The van der Waals surface area contributed by atoms with Gasteiger partial charge in [-0.05, 0) is 25.7 Å². The molecule has 0 radical (unpaired) electrons. The highest BCUT2D eigenvalue weighted by atomic mass is 19.1. The third-order valence-electron chi connectivity index (χ3n) is 3.26. The van der Waals surface area contributed by atoms with Crippen molar-refractivity contribution in [1.29, 1.82) is 0 Å². The molecule has 0 heterocycles. The molecule has 4 heteroatoms. The number of hydrogen-bond donors (Lipinski definition) is 1. The number of esters is 1. The lowest BCUT2D eigenvalue weighted by Crippen LogP contribution is -2.47. The van der Waals surface area contributed by atoms with Gasteiger partial charge in [-0.15, -0.1) is 0 Å². The van der Waals surface area contributed by atoms with Crippen LogP contribution < -0.4 is 0 Å². The van der Waals surface area contributed by atoms with Gasteiger partial charge in [0.2, 0.25) is 6.17 Å². The Morgan fingerprint density at radius 1 is 1.67 bits per heavy atom. The summed E-state index contributed by atoms with van der Waals surface area (Å²) in [6, 6.07) is 0. The van der Waals surface area contributed by atoms with E-state index in [4.69, 9.17) is 0 Å². The zero-order valence-electron chi connectivity index (χ0n) is 9.33. The number of halogens is 1. The van der Waals surface area contributed by atoms with E-state index >= 15 is 0 Å². The van der Waals surface area contributed by atoms with Gasteiger partial charge in [0.05, 0.1) is 6.61 Å². The molecule has 1 rings (SSSR count). The van der Waals surface area contributed by atoms with Crippen molar-refractivity contribution >= 4 is 5.97 Å². The Morgan fingerprint density at radius 3 is 2.87 bits per heavy atom. The molecule has 0 aromatic carbocycles. The molecule has 1 fully saturated rings. The molecule has 3 nitrogen and oxygen atoms in total. The maximum atomic E-state index is 13.8. The standard InChI is InChI=1S/C11H19FO3/c1-3-8-6-5-7-11(8,14)9(12)10(13)15-4-2/h8-9,14H,3-7H2,1-2H3. The molecule has 1 aliphatic carbocycles. The van der Waals surface area contributed by atoms with Gasteiger partial charge in [-0.25, -0.2) is 9.18 Å². The van der Waals surface area contributed by atoms with Crippen LogP contribution in [-0.4, -0.2) is 29.5 Å². The number of hydrogen-bond acceptors (Lipinski definition) is 3.